The highest BCUT2D eigenvalue weighted by Crippen LogP contribution is 2.16. The summed E-state index contributed by atoms with van der Waals surface area (Å²) in [5.41, 5.74) is -0.00991. The number of hydrogen-bond donors (Lipinski definition) is 1. The number of aromatic nitrogens is 1. The molecule has 1 N–H and O–H groups in total. The zero-order valence-corrected chi connectivity index (χ0v) is 10.3. The van der Waals surface area contributed by atoms with Gasteiger partial charge in [-0.25, -0.2) is 0 Å². The van der Waals surface area contributed by atoms with Crippen LogP contribution >= 0.6 is 0 Å². The summed E-state index contributed by atoms with van der Waals surface area (Å²) in [4.78, 5) is 24.6. The maximum Gasteiger partial charge on any atom is 0.307 e. The number of hydrogen-bond acceptors (Lipinski definition) is 3. The van der Waals surface area contributed by atoms with E-state index in [1.54, 1.807) is 16.8 Å². The quantitative estimate of drug-likeness (QED) is 0.852. The van der Waals surface area contributed by atoms with Gasteiger partial charge in [0.05, 0.1) is 5.92 Å². The maximum absolute atomic E-state index is 11.5. The molecule has 1 saturated heterocycles. The highest BCUT2D eigenvalue weighted by atomic mass is 16.4. The molecule has 0 aliphatic carbocycles. The summed E-state index contributed by atoms with van der Waals surface area (Å²) in [6.45, 7) is 2.86. The third-order valence-corrected chi connectivity index (χ3v) is 3.41. The van der Waals surface area contributed by atoms with Gasteiger partial charge < -0.3 is 14.6 Å². The number of carbonyl (C=O) groups is 1. The first kappa shape index (κ1) is 12.8. The van der Waals surface area contributed by atoms with Crippen LogP contribution in [0, 0.1) is 5.92 Å². The van der Waals surface area contributed by atoms with Gasteiger partial charge in [0.1, 0.15) is 0 Å². The molecule has 5 nitrogen and oxygen atoms in total. The van der Waals surface area contributed by atoms with Crippen LogP contribution in [0.15, 0.2) is 29.2 Å². The molecule has 0 bridgehead atoms. The number of piperidine rings is 1. The van der Waals surface area contributed by atoms with Gasteiger partial charge in [0, 0.05) is 31.9 Å². The molecule has 0 saturated carbocycles. The first-order valence-electron chi connectivity index (χ1n) is 6.27. The van der Waals surface area contributed by atoms with Crippen LogP contribution in [-0.4, -0.2) is 40.2 Å². The Morgan fingerprint density at radius 3 is 2.94 bits per heavy atom. The van der Waals surface area contributed by atoms with E-state index in [0.29, 0.717) is 13.1 Å². The number of likely N-dealkylation sites (tertiary alicyclic amines) is 1. The third-order valence-electron chi connectivity index (χ3n) is 3.41. The minimum Gasteiger partial charge on any atom is -0.481 e. The van der Waals surface area contributed by atoms with Crippen molar-refractivity contribution >= 4 is 5.97 Å². The van der Waals surface area contributed by atoms with Gasteiger partial charge in [0.2, 0.25) is 0 Å². The summed E-state index contributed by atoms with van der Waals surface area (Å²) in [5, 5.41) is 9.00. The summed E-state index contributed by atoms with van der Waals surface area (Å²) in [6, 6.07) is 5.09. The van der Waals surface area contributed by atoms with E-state index in [-0.39, 0.29) is 11.5 Å². The first-order valence-corrected chi connectivity index (χ1v) is 6.27. The second-order valence-electron chi connectivity index (χ2n) is 4.71. The Morgan fingerprint density at radius 1 is 1.39 bits per heavy atom. The standard InChI is InChI=1S/C13H18N2O3/c16-12-5-1-2-7-15(12)9-8-14-6-3-4-11(10-14)13(17)18/h1-2,5,7,11H,3-4,6,8-10H2,(H,17,18). The first-order chi connectivity index (χ1) is 8.66. The van der Waals surface area contributed by atoms with Crippen LogP contribution in [-0.2, 0) is 11.3 Å². The largest absolute Gasteiger partial charge is 0.481 e. The van der Waals surface area contributed by atoms with Crippen molar-refractivity contribution in [2.45, 2.75) is 19.4 Å². The average molecular weight is 250 g/mol. The van der Waals surface area contributed by atoms with E-state index >= 15 is 0 Å². The Kier molecular flexibility index (Phi) is 4.15. The van der Waals surface area contributed by atoms with E-state index in [2.05, 4.69) is 4.90 Å². The third kappa shape index (κ3) is 3.20. The van der Waals surface area contributed by atoms with Crippen molar-refractivity contribution in [3.05, 3.63) is 34.7 Å². The van der Waals surface area contributed by atoms with Gasteiger partial charge >= 0.3 is 5.97 Å². The van der Waals surface area contributed by atoms with Crippen LogP contribution in [0.25, 0.3) is 0 Å². The molecule has 98 valence electrons. The molecule has 2 heterocycles. The Morgan fingerprint density at radius 2 is 2.22 bits per heavy atom. The minimum absolute atomic E-state index is 0.00991. The molecule has 1 aliphatic rings. The molecule has 0 spiro atoms. The van der Waals surface area contributed by atoms with E-state index in [4.69, 9.17) is 5.11 Å². The lowest BCUT2D eigenvalue weighted by molar-refractivity contribution is -0.143. The van der Waals surface area contributed by atoms with Gasteiger partial charge in [0.25, 0.3) is 5.56 Å². The minimum atomic E-state index is -0.712. The van der Waals surface area contributed by atoms with Crippen molar-refractivity contribution in [3.63, 3.8) is 0 Å². The van der Waals surface area contributed by atoms with Gasteiger partial charge in [-0.05, 0) is 25.5 Å². The molecule has 0 aromatic carbocycles. The summed E-state index contributed by atoms with van der Waals surface area (Å²) in [7, 11) is 0. The van der Waals surface area contributed by atoms with Gasteiger partial charge in [-0.3, -0.25) is 9.59 Å². The summed E-state index contributed by atoms with van der Waals surface area (Å²) < 4.78 is 1.66. The van der Waals surface area contributed by atoms with E-state index in [1.165, 1.54) is 6.07 Å². The van der Waals surface area contributed by atoms with E-state index in [0.717, 1.165) is 25.9 Å². The predicted molar refractivity (Wildman–Crippen MR) is 67.5 cm³/mol. The van der Waals surface area contributed by atoms with Gasteiger partial charge in [-0.2, -0.15) is 0 Å². The molecule has 18 heavy (non-hydrogen) atoms. The number of pyridine rings is 1. The zero-order chi connectivity index (χ0) is 13.0. The van der Waals surface area contributed by atoms with Crippen molar-refractivity contribution in [1.29, 1.82) is 0 Å². The molecular formula is C13H18N2O3. The SMILES string of the molecule is O=C(O)C1CCCN(CCn2ccccc2=O)C1. The smallest absolute Gasteiger partial charge is 0.307 e. The average Bonchev–Trinajstić information content (AvgIpc) is 2.38. The number of aliphatic carboxylic acids is 1. The Labute approximate surface area is 106 Å². The monoisotopic (exact) mass is 250 g/mol. The fraction of sp³-hybridized carbons (Fsp3) is 0.538. The van der Waals surface area contributed by atoms with Gasteiger partial charge in [0.15, 0.2) is 0 Å². The molecular weight excluding hydrogens is 232 g/mol. The Bertz CT molecular complexity index is 469. The van der Waals surface area contributed by atoms with Crippen molar-refractivity contribution in [2.75, 3.05) is 19.6 Å². The molecule has 1 fully saturated rings. The molecule has 0 amide bonds. The topological polar surface area (TPSA) is 62.5 Å². The van der Waals surface area contributed by atoms with Crippen LogP contribution in [0.2, 0.25) is 0 Å². The van der Waals surface area contributed by atoms with Crippen molar-refractivity contribution in [3.8, 4) is 0 Å². The molecule has 1 aliphatic heterocycles. The summed E-state index contributed by atoms with van der Waals surface area (Å²) in [5.74, 6) is -0.970. The van der Waals surface area contributed by atoms with Crippen LogP contribution < -0.4 is 5.56 Å². The molecule has 0 radical (unpaired) electrons. The Balaban J connectivity index is 1.89. The second kappa shape index (κ2) is 5.82. The zero-order valence-electron chi connectivity index (χ0n) is 10.3. The van der Waals surface area contributed by atoms with E-state index < -0.39 is 5.97 Å². The number of carboxylic acid groups (broad SMARTS) is 1. The second-order valence-corrected chi connectivity index (χ2v) is 4.71. The predicted octanol–water partition coefficient (Wildman–Crippen LogP) is 0.645. The lowest BCUT2D eigenvalue weighted by Gasteiger charge is -2.30. The molecule has 1 aromatic rings. The number of nitrogens with zero attached hydrogens (tertiary/aromatic N) is 2. The lowest BCUT2D eigenvalue weighted by Crippen LogP contribution is -2.40. The van der Waals surface area contributed by atoms with Crippen LogP contribution in [0.5, 0.6) is 0 Å². The normalized spacial score (nSPS) is 20.8. The molecule has 2 rings (SSSR count). The number of carboxylic acids is 1. The van der Waals surface area contributed by atoms with Gasteiger partial charge in [-0.15, -0.1) is 0 Å². The molecule has 1 aromatic heterocycles. The summed E-state index contributed by atoms with van der Waals surface area (Å²) in [6.07, 6.45) is 3.44. The van der Waals surface area contributed by atoms with Gasteiger partial charge in [-0.1, -0.05) is 6.07 Å². The fourth-order valence-corrected chi connectivity index (χ4v) is 2.35. The van der Waals surface area contributed by atoms with Crippen LogP contribution in [0.3, 0.4) is 0 Å². The highest BCUT2D eigenvalue weighted by molar-refractivity contribution is 5.70. The maximum atomic E-state index is 11.5. The molecule has 1 unspecified atom stereocenters. The summed E-state index contributed by atoms with van der Waals surface area (Å²) >= 11 is 0. The molecule has 5 heteroatoms. The van der Waals surface area contributed by atoms with E-state index in [1.807, 2.05) is 6.07 Å². The van der Waals surface area contributed by atoms with Crippen molar-refractivity contribution < 1.29 is 9.90 Å². The fourth-order valence-electron chi connectivity index (χ4n) is 2.35. The van der Waals surface area contributed by atoms with Crippen molar-refractivity contribution in [2.24, 2.45) is 5.92 Å². The highest BCUT2D eigenvalue weighted by Gasteiger charge is 2.24. The van der Waals surface area contributed by atoms with E-state index in [9.17, 15) is 9.59 Å². The molecule has 1 atom stereocenters. The van der Waals surface area contributed by atoms with Crippen LogP contribution in [0.1, 0.15) is 12.8 Å². The van der Waals surface area contributed by atoms with Crippen molar-refractivity contribution in [1.82, 2.24) is 9.47 Å². The number of rotatable bonds is 4. The Hall–Kier alpha value is -1.62. The lowest BCUT2D eigenvalue weighted by atomic mass is 9.98. The van der Waals surface area contributed by atoms with Crippen LogP contribution in [0.4, 0.5) is 0 Å².